The fraction of sp³-hybridized carbons (Fsp3) is 0.0833. The molecule has 0 saturated heterocycles. The van der Waals surface area contributed by atoms with Gasteiger partial charge < -0.3 is 9.73 Å². The first-order chi connectivity index (χ1) is 7.65. The molecule has 0 aliphatic heterocycles. The van der Waals surface area contributed by atoms with Gasteiger partial charge in [-0.3, -0.25) is 4.79 Å². The van der Waals surface area contributed by atoms with Crippen LogP contribution in [0, 0.1) is 6.92 Å². The van der Waals surface area contributed by atoms with Gasteiger partial charge in [0.2, 0.25) is 0 Å². The number of hydrogen-bond donors (Lipinski definition) is 1. The molecule has 0 spiro atoms. The van der Waals surface area contributed by atoms with E-state index in [1.165, 1.54) is 0 Å². The van der Waals surface area contributed by atoms with Crippen molar-refractivity contribution in [3.63, 3.8) is 0 Å². The summed E-state index contributed by atoms with van der Waals surface area (Å²) in [5.74, 6) is 0.0728. The first kappa shape index (κ1) is 11.0. The summed E-state index contributed by atoms with van der Waals surface area (Å²) in [5, 5.41) is 2.75. The average Bonchev–Trinajstić information content (AvgIpc) is 2.65. The van der Waals surface area contributed by atoms with Gasteiger partial charge in [-0.05, 0) is 36.8 Å². The summed E-state index contributed by atoms with van der Waals surface area (Å²) in [4.78, 5) is 11.7. The molecule has 2 rings (SSSR count). The van der Waals surface area contributed by atoms with Gasteiger partial charge in [0, 0.05) is 10.2 Å². The third-order valence-electron chi connectivity index (χ3n) is 2.04. The van der Waals surface area contributed by atoms with Crippen molar-refractivity contribution in [2.45, 2.75) is 6.92 Å². The molecule has 0 aliphatic rings. The van der Waals surface area contributed by atoms with Crippen molar-refractivity contribution in [3.05, 3.63) is 52.4 Å². The number of furan rings is 1. The van der Waals surface area contributed by atoms with Crippen molar-refractivity contribution in [1.29, 1.82) is 0 Å². The zero-order valence-electron chi connectivity index (χ0n) is 8.66. The third-order valence-corrected chi connectivity index (χ3v) is 2.53. The Morgan fingerprint density at radius 3 is 2.81 bits per heavy atom. The predicted octanol–water partition coefficient (Wildman–Crippen LogP) is 3.60. The lowest BCUT2D eigenvalue weighted by Crippen LogP contribution is -2.10. The van der Waals surface area contributed by atoms with Crippen molar-refractivity contribution >= 4 is 27.5 Å². The molecule has 0 aliphatic carbocycles. The first-order valence-electron chi connectivity index (χ1n) is 4.77. The highest BCUT2D eigenvalue weighted by atomic mass is 79.9. The molecule has 3 nitrogen and oxygen atoms in total. The third kappa shape index (κ3) is 2.52. The zero-order chi connectivity index (χ0) is 11.5. The molecule has 4 heteroatoms. The second-order valence-electron chi connectivity index (χ2n) is 3.45. The summed E-state index contributed by atoms with van der Waals surface area (Å²) in [5.41, 5.74) is 1.66. The fourth-order valence-electron chi connectivity index (χ4n) is 1.31. The lowest BCUT2D eigenvalue weighted by atomic mass is 10.3. The molecule has 0 fully saturated rings. The van der Waals surface area contributed by atoms with E-state index in [4.69, 9.17) is 4.42 Å². The number of rotatable bonds is 2. The van der Waals surface area contributed by atoms with Gasteiger partial charge in [0.25, 0.3) is 5.91 Å². The quantitative estimate of drug-likeness (QED) is 0.913. The fourth-order valence-corrected chi connectivity index (χ4v) is 1.71. The van der Waals surface area contributed by atoms with Crippen LogP contribution in [0.15, 0.2) is 45.5 Å². The monoisotopic (exact) mass is 279 g/mol. The number of halogens is 1. The molecule has 1 N–H and O–H groups in total. The standard InChI is InChI=1S/C12H10BrNO2/c1-8-5-11(16-7-8)12(15)14-10-4-2-3-9(13)6-10/h2-7H,1H3,(H,14,15). The number of hydrogen-bond acceptors (Lipinski definition) is 2. The lowest BCUT2D eigenvalue weighted by Gasteiger charge is -2.02. The number of amides is 1. The molecule has 1 amide bonds. The summed E-state index contributed by atoms with van der Waals surface area (Å²) < 4.78 is 6.02. The maximum Gasteiger partial charge on any atom is 0.291 e. The van der Waals surface area contributed by atoms with E-state index in [-0.39, 0.29) is 5.91 Å². The Labute approximate surface area is 102 Å². The van der Waals surface area contributed by atoms with Gasteiger partial charge in [0.05, 0.1) is 6.26 Å². The summed E-state index contributed by atoms with van der Waals surface area (Å²) in [7, 11) is 0. The zero-order valence-corrected chi connectivity index (χ0v) is 10.2. The summed E-state index contributed by atoms with van der Waals surface area (Å²) in [6.07, 6.45) is 1.55. The Morgan fingerprint density at radius 2 is 2.19 bits per heavy atom. The minimum absolute atomic E-state index is 0.244. The summed E-state index contributed by atoms with van der Waals surface area (Å²) in [6, 6.07) is 9.10. The number of aryl methyl sites for hydroxylation is 1. The number of anilines is 1. The second kappa shape index (κ2) is 4.53. The maximum absolute atomic E-state index is 11.7. The topological polar surface area (TPSA) is 42.2 Å². The summed E-state index contributed by atoms with van der Waals surface area (Å²) in [6.45, 7) is 1.87. The summed E-state index contributed by atoms with van der Waals surface area (Å²) >= 11 is 3.34. The SMILES string of the molecule is Cc1coc(C(=O)Nc2cccc(Br)c2)c1. The van der Waals surface area contributed by atoms with E-state index in [1.54, 1.807) is 12.3 Å². The van der Waals surface area contributed by atoms with Gasteiger partial charge in [-0.1, -0.05) is 22.0 Å². The van der Waals surface area contributed by atoms with Crippen LogP contribution in [0.2, 0.25) is 0 Å². The first-order valence-corrected chi connectivity index (χ1v) is 5.56. The van der Waals surface area contributed by atoms with Crippen LogP contribution < -0.4 is 5.32 Å². The van der Waals surface area contributed by atoms with E-state index in [2.05, 4.69) is 21.2 Å². The Hall–Kier alpha value is -1.55. The van der Waals surface area contributed by atoms with E-state index >= 15 is 0 Å². The highest BCUT2D eigenvalue weighted by Crippen LogP contribution is 2.17. The van der Waals surface area contributed by atoms with E-state index in [0.717, 1.165) is 15.7 Å². The van der Waals surface area contributed by atoms with Crippen molar-refractivity contribution in [2.24, 2.45) is 0 Å². The van der Waals surface area contributed by atoms with Crippen LogP contribution in [0.25, 0.3) is 0 Å². The molecule has 0 radical (unpaired) electrons. The van der Waals surface area contributed by atoms with Gasteiger partial charge in [-0.2, -0.15) is 0 Å². The highest BCUT2D eigenvalue weighted by Gasteiger charge is 2.09. The van der Waals surface area contributed by atoms with Gasteiger partial charge >= 0.3 is 0 Å². The Morgan fingerprint density at radius 1 is 1.38 bits per heavy atom. The second-order valence-corrected chi connectivity index (χ2v) is 4.37. The van der Waals surface area contributed by atoms with Crippen molar-refractivity contribution < 1.29 is 9.21 Å². The molecular formula is C12H10BrNO2. The molecule has 0 bridgehead atoms. The van der Waals surface area contributed by atoms with E-state index in [9.17, 15) is 4.79 Å². The van der Waals surface area contributed by atoms with Crippen LogP contribution in [0.3, 0.4) is 0 Å². The van der Waals surface area contributed by atoms with Crippen LogP contribution in [-0.4, -0.2) is 5.91 Å². The molecule has 1 aromatic heterocycles. The minimum atomic E-state index is -0.244. The predicted molar refractivity (Wildman–Crippen MR) is 65.5 cm³/mol. The lowest BCUT2D eigenvalue weighted by molar-refractivity contribution is 0.0996. The van der Waals surface area contributed by atoms with Gasteiger partial charge in [-0.15, -0.1) is 0 Å². The van der Waals surface area contributed by atoms with Crippen LogP contribution in [0.1, 0.15) is 16.1 Å². The van der Waals surface area contributed by atoms with E-state index in [0.29, 0.717) is 5.76 Å². The molecule has 16 heavy (non-hydrogen) atoms. The van der Waals surface area contributed by atoms with Crippen molar-refractivity contribution in [2.75, 3.05) is 5.32 Å². The Bertz CT molecular complexity index is 519. The van der Waals surface area contributed by atoms with Crippen molar-refractivity contribution in [3.8, 4) is 0 Å². The molecule has 1 heterocycles. The largest absolute Gasteiger partial charge is 0.459 e. The maximum atomic E-state index is 11.7. The van der Waals surface area contributed by atoms with E-state index in [1.807, 2.05) is 31.2 Å². The minimum Gasteiger partial charge on any atom is -0.459 e. The van der Waals surface area contributed by atoms with E-state index < -0.39 is 0 Å². The molecule has 0 atom stereocenters. The highest BCUT2D eigenvalue weighted by molar-refractivity contribution is 9.10. The molecule has 82 valence electrons. The Balaban J connectivity index is 2.13. The van der Waals surface area contributed by atoms with Gasteiger partial charge in [0.15, 0.2) is 5.76 Å². The number of carbonyl (C=O) groups excluding carboxylic acids is 1. The number of benzene rings is 1. The van der Waals surface area contributed by atoms with Crippen molar-refractivity contribution in [1.82, 2.24) is 0 Å². The van der Waals surface area contributed by atoms with Gasteiger partial charge in [-0.25, -0.2) is 0 Å². The van der Waals surface area contributed by atoms with Crippen LogP contribution in [0.4, 0.5) is 5.69 Å². The van der Waals surface area contributed by atoms with Crippen LogP contribution in [-0.2, 0) is 0 Å². The smallest absolute Gasteiger partial charge is 0.291 e. The molecule has 0 saturated carbocycles. The van der Waals surface area contributed by atoms with Crippen LogP contribution in [0.5, 0.6) is 0 Å². The normalized spacial score (nSPS) is 10.1. The Kier molecular flexibility index (Phi) is 3.10. The van der Waals surface area contributed by atoms with Crippen LogP contribution >= 0.6 is 15.9 Å². The molecule has 0 unspecified atom stereocenters. The molecule has 1 aromatic carbocycles. The average molecular weight is 280 g/mol. The number of nitrogens with one attached hydrogen (secondary N) is 1. The molecular weight excluding hydrogens is 270 g/mol. The molecule has 2 aromatic rings. The number of carbonyl (C=O) groups is 1. The van der Waals surface area contributed by atoms with Gasteiger partial charge in [0.1, 0.15) is 0 Å².